The predicted octanol–water partition coefficient (Wildman–Crippen LogP) is -3.49. The van der Waals surface area contributed by atoms with E-state index in [4.69, 9.17) is 0 Å². The second-order valence-electron chi connectivity index (χ2n) is 0. The van der Waals surface area contributed by atoms with E-state index in [-0.39, 0.29) is 68.0 Å². The summed E-state index contributed by atoms with van der Waals surface area (Å²) in [5.74, 6) is 0. The zero-order chi connectivity index (χ0) is 0. The van der Waals surface area contributed by atoms with Crippen molar-refractivity contribution in [3.05, 3.63) is 0 Å². The Morgan fingerprint density at radius 3 is 0.429 bits per heavy atom. The fraction of sp³-hybridized carbons (Fsp3) is 0. The largest absolute Gasteiger partial charge is 3.00 e. The van der Waals surface area contributed by atoms with E-state index >= 15 is 0 Å². The van der Waals surface area contributed by atoms with Gasteiger partial charge in [-0.15, -0.1) is 0 Å². The van der Waals surface area contributed by atoms with Crippen LogP contribution in [0.15, 0.2) is 0 Å². The Labute approximate surface area is 68.2 Å². The van der Waals surface area contributed by atoms with Crippen LogP contribution in [0.25, 0.3) is 0 Å². The van der Waals surface area contributed by atoms with E-state index < -0.39 is 0 Å². The summed E-state index contributed by atoms with van der Waals surface area (Å²) in [6.07, 6.45) is 0. The van der Waals surface area contributed by atoms with E-state index in [2.05, 4.69) is 0 Å². The van der Waals surface area contributed by atoms with Crippen LogP contribution in [-0.2, 0) is 16.4 Å². The van der Waals surface area contributed by atoms with Crippen LogP contribution in [0.5, 0.6) is 0 Å². The van der Waals surface area contributed by atoms with Crippen molar-refractivity contribution in [1.82, 2.24) is 0 Å². The van der Waals surface area contributed by atoms with Gasteiger partial charge in [-0.05, 0) is 0 Å². The monoisotopic (exact) mass is 130 g/mol. The van der Waals surface area contributed by atoms with Crippen LogP contribution >= 0.6 is 0 Å². The van der Waals surface area contributed by atoms with Crippen molar-refractivity contribution >= 4 is 51.5 Å². The summed E-state index contributed by atoms with van der Waals surface area (Å²) in [4.78, 5) is 0. The number of rotatable bonds is 0. The Morgan fingerprint density at radius 2 is 0.429 bits per heavy atom. The summed E-state index contributed by atoms with van der Waals surface area (Å²) < 4.78 is 0. The Balaban J connectivity index is 0. The third-order valence-electron chi connectivity index (χ3n) is 0. The van der Waals surface area contributed by atoms with Gasteiger partial charge in [0.1, 0.15) is 0 Å². The van der Waals surface area contributed by atoms with Crippen LogP contribution in [0.1, 0.15) is 0 Å². The van der Waals surface area contributed by atoms with Crippen molar-refractivity contribution in [2.75, 3.05) is 0 Å². The molecule has 0 aliphatic carbocycles. The van der Waals surface area contributed by atoms with Crippen molar-refractivity contribution in [2.24, 2.45) is 0 Å². The second kappa shape index (κ2) is 226. The van der Waals surface area contributed by atoms with Crippen LogP contribution < -0.4 is 0 Å². The van der Waals surface area contributed by atoms with Crippen molar-refractivity contribution in [1.29, 1.82) is 0 Å². The number of hydrogen-bond acceptors (Lipinski definition) is 0. The molecule has 0 heterocycles. The van der Waals surface area contributed by atoms with Crippen molar-refractivity contribution < 1.29 is 16.4 Å². The fourth-order valence-electron chi connectivity index (χ4n) is 0. The maximum atomic E-state index is 0. The van der Waals surface area contributed by atoms with Gasteiger partial charge in [0.05, 0.1) is 16.8 Å². The fourth-order valence-corrected chi connectivity index (χ4v) is 0. The molecule has 36 valence electrons. The molecule has 0 aromatic carbocycles. The van der Waals surface area contributed by atoms with E-state index in [0.717, 1.165) is 0 Å². The van der Waals surface area contributed by atoms with Gasteiger partial charge in [0.2, 0.25) is 0 Å². The van der Waals surface area contributed by atoms with Crippen LogP contribution in [0, 0.1) is 0 Å². The molecule has 0 rings (SSSR count). The molecule has 0 saturated heterocycles. The zero-order valence-electron chi connectivity index (χ0n) is 2.38. The Morgan fingerprint density at radius 1 is 0.429 bits per heavy atom. The summed E-state index contributed by atoms with van der Waals surface area (Å²) in [6, 6.07) is 0. The van der Waals surface area contributed by atoms with Gasteiger partial charge < -0.3 is 16.4 Å². The summed E-state index contributed by atoms with van der Waals surface area (Å²) in [5.41, 5.74) is 0. The standard InChI is InChI=1S/2Al.2BH3.3O/h;;2*1H3;;;/q2*+3;;;3*-2. The quantitative estimate of drug-likeness (QED) is 0.304. The first kappa shape index (κ1) is 350. The minimum Gasteiger partial charge on any atom is -2.00 e. The third kappa shape index (κ3) is 158. The molecule has 0 saturated carbocycles. The van der Waals surface area contributed by atoms with Crippen LogP contribution in [0.4, 0.5) is 0 Å². The molecule has 0 N–H and O–H groups in total. The Bertz CT molecular complexity index is 10.9. The van der Waals surface area contributed by atoms with E-state index in [9.17, 15) is 0 Å². The average molecular weight is 130 g/mol. The molecule has 7 heavy (non-hydrogen) atoms. The summed E-state index contributed by atoms with van der Waals surface area (Å²) in [6.45, 7) is 0. The van der Waals surface area contributed by atoms with E-state index in [0.29, 0.717) is 0 Å². The maximum absolute atomic E-state index is 0. The Hall–Kier alpha value is 1.07. The zero-order valence-corrected chi connectivity index (χ0v) is 4.69. The van der Waals surface area contributed by atoms with Gasteiger partial charge in [0.15, 0.2) is 0 Å². The molecule has 0 bridgehead atoms. The van der Waals surface area contributed by atoms with E-state index in [1.165, 1.54) is 0 Å². The molecule has 0 fully saturated rings. The van der Waals surface area contributed by atoms with E-state index in [1.54, 1.807) is 0 Å². The first-order chi connectivity index (χ1) is 0. The summed E-state index contributed by atoms with van der Waals surface area (Å²) >= 11 is 0. The van der Waals surface area contributed by atoms with Crippen molar-refractivity contribution in [3.8, 4) is 0 Å². The molecule has 3 nitrogen and oxygen atoms in total. The smallest absolute Gasteiger partial charge is 2.00 e. The normalized spacial score (nSPS) is 0. The van der Waals surface area contributed by atoms with Crippen LogP contribution in [0.3, 0.4) is 0 Å². The van der Waals surface area contributed by atoms with Gasteiger partial charge in [-0.2, -0.15) is 0 Å². The summed E-state index contributed by atoms with van der Waals surface area (Å²) in [5, 5.41) is 0. The molecule has 0 atom stereocenters. The molecule has 0 amide bonds. The third-order valence-corrected chi connectivity index (χ3v) is 0. The van der Waals surface area contributed by atoms with Gasteiger partial charge in [0, 0.05) is 0 Å². The molecule has 0 aliphatic rings. The molecule has 0 unspecified atom stereocenters. The number of hydrogen-bond donors (Lipinski definition) is 0. The minimum absolute atomic E-state index is 0. The second-order valence-corrected chi connectivity index (χ2v) is 0. The minimum atomic E-state index is 0. The Kier molecular flexibility index (Phi) is 11300. The maximum Gasteiger partial charge on any atom is 3.00 e. The molecule has 0 aliphatic heterocycles. The van der Waals surface area contributed by atoms with Gasteiger partial charge in [-0.3, -0.25) is 0 Å². The molecule has 0 aromatic heterocycles. The van der Waals surface area contributed by atoms with Crippen LogP contribution in [-0.4, -0.2) is 51.5 Å². The molecule has 0 spiro atoms. The van der Waals surface area contributed by atoms with Crippen molar-refractivity contribution in [3.63, 3.8) is 0 Å². The SMILES string of the molecule is B.B.[Al+3].[Al+3].[O-2].[O-2].[O-2]. The average Bonchev–Trinajstić information content (AvgIpc) is 0. The first-order valence-corrected chi connectivity index (χ1v) is 0. The summed E-state index contributed by atoms with van der Waals surface area (Å²) in [7, 11) is 0. The van der Waals surface area contributed by atoms with Gasteiger partial charge in [-0.1, -0.05) is 0 Å². The molecule has 0 radical (unpaired) electrons. The first-order valence-electron chi connectivity index (χ1n) is 0. The van der Waals surface area contributed by atoms with Crippen molar-refractivity contribution in [2.45, 2.75) is 0 Å². The molecule has 7 heteroatoms. The molecule has 0 aromatic rings. The molecular formula is H6Al2B2O3. The van der Waals surface area contributed by atoms with Gasteiger partial charge >= 0.3 is 34.7 Å². The van der Waals surface area contributed by atoms with Crippen LogP contribution in [0.2, 0.25) is 0 Å². The topological polar surface area (TPSA) is 85.5 Å². The predicted molar refractivity (Wildman–Crippen MR) is 33.4 cm³/mol. The molecular weight excluding hydrogens is 124 g/mol. The van der Waals surface area contributed by atoms with Gasteiger partial charge in [-0.25, -0.2) is 0 Å². The van der Waals surface area contributed by atoms with E-state index in [1.807, 2.05) is 0 Å². The van der Waals surface area contributed by atoms with Gasteiger partial charge in [0.25, 0.3) is 0 Å².